The number of hydrogen-bond donors (Lipinski definition) is 4. The number of aromatic nitrogens is 2. The predicted octanol–water partition coefficient (Wildman–Crippen LogP) is 2.71. The summed E-state index contributed by atoms with van der Waals surface area (Å²) in [4.78, 5) is 18.8. The van der Waals surface area contributed by atoms with Crippen LogP contribution in [0.1, 0.15) is 18.4 Å². The Morgan fingerprint density at radius 2 is 2.21 bits per heavy atom. The van der Waals surface area contributed by atoms with E-state index in [2.05, 4.69) is 21.9 Å². The third-order valence-electron chi connectivity index (χ3n) is 4.59. The number of carbonyl (C=O) groups excluding carboxylic acids is 1. The van der Waals surface area contributed by atoms with E-state index < -0.39 is 25.9 Å². The predicted molar refractivity (Wildman–Crippen MR) is 98.7 cm³/mol. The zero-order valence-corrected chi connectivity index (χ0v) is 15.1. The van der Waals surface area contributed by atoms with Crippen LogP contribution in [0.15, 0.2) is 25.0 Å². The second kappa shape index (κ2) is 7.74. The van der Waals surface area contributed by atoms with Gasteiger partial charge in [-0.1, -0.05) is 6.58 Å². The molecule has 150 valence electrons. The van der Waals surface area contributed by atoms with Gasteiger partial charge in [0.15, 0.2) is 0 Å². The lowest BCUT2D eigenvalue weighted by Crippen LogP contribution is -2.50. The molecule has 2 aromatic heterocycles. The molecule has 3 rings (SSSR count). The van der Waals surface area contributed by atoms with Gasteiger partial charge < -0.3 is 25.3 Å². The van der Waals surface area contributed by atoms with Crippen LogP contribution in [0.2, 0.25) is 6.82 Å². The Morgan fingerprint density at radius 3 is 2.86 bits per heavy atom. The minimum absolute atomic E-state index is 0.0183. The van der Waals surface area contributed by atoms with Crippen molar-refractivity contribution in [2.75, 3.05) is 6.54 Å². The minimum atomic E-state index is -4.45. The molecule has 1 saturated carbocycles. The van der Waals surface area contributed by atoms with E-state index in [0.29, 0.717) is 24.2 Å². The van der Waals surface area contributed by atoms with E-state index in [4.69, 9.17) is 4.65 Å². The van der Waals surface area contributed by atoms with Gasteiger partial charge in [0.1, 0.15) is 17.9 Å². The number of nitrogens with one attached hydrogen (secondary N) is 3. The Labute approximate surface area is 159 Å². The van der Waals surface area contributed by atoms with Crippen LogP contribution in [0, 0.1) is 5.92 Å². The number of aromatic amines is 1. The van der Waals surface area contributed by atoms with Crippen LogP contribution in [0.4, 0.5) is 18.0 Å². The molecule has 2 heterocycles. The number of fused-ring (bicyclic) bond motifs is 1. The number of rotatable bonds is 6. The van der Waals surface area contributed by atoms with Crippen LogP contribution in [0.5, 0.6) is 5.75 Å². The van der Waals surface area contributed by atoms with Crippen molar-refractivity contribution in [1.82, 2.24) is 20.6 Å². The number of alkyl halides is 3. The van der Waals surface area contributed by atoms with Crippen LogP contribution in [-0.2, 0) is 0 Å². The fourth-order valence-corrected chi connectivity index (χ4v) is 3.24. The quantitative estimate of drug-likeness (QED) is 0.565. The normalized spacial score (nSPS) is 19.0. The van der Waals surface area contributed by atoms with Gasteiger partial charge in [-0.15, -0.1) is 0 Å². The molecule has 0 aromatic carbocycles. The molecule has 0 aliphatic heterocycles. The molecule has 0 saturated heterocycles. The van der Waals surface area contributed by atoms with Gasteiger partial charge in [-0.2, -0.15) is 13.2 Å². The largest absolute Gasteiger partial charge is 0.535 e. The highest BCUT2D eigenvalue weighted by Gasteiger charge is 2.35. The molecule has 0 spiro atoms. The maximum atomic E-state index is 12.1. The summed E-state index contributed by atoms with van der Waals surface area (Å²) in [5.41, 5.74) is 2.13. The zero-order chi connectivity index (χ0) is 20.5. The maximum Gasteiger partial charge on any atom is 0.519 e. The smallest absolute Gasteiger partial charge is 0.519 e. The molecule has 0 atom stereocenters. The van der Waals surface area contributed by atoms with Crippen LogP contribution in [0.3, 0.4) is 0 Å². The molecular formula is C17H20BF3N4O3. The van der Waals surface area contributed by atoms with Gasteiger partial charge in [0.05, 0.1) is 6.20 Å². The van der Waals surface area contributed by atoms with Gasteiger partial charge in [-0.25, -0.2) is 9.78 Å². The standard InChI is InChI=1S/C17H20BF3N4O3/c1-9(10-5-11(6-10)25-16(26)24-8-17(19,20)21)14-12-3-4-22-15(12)23-7-13(14)28-18(2)27/h3-4,7,10-11,27H,1,5-6,8H2,2H3,(H,22,23)(H2,24,25,26). The van der Waals surface area contributed by atoms with Crippen LogP contribution in [-0.4, -0.2) is 46.9 Å². The third kappa shape index (κ3) is 4.59. The number of halogens is 3. The average Bonchev–Trinajstić information content (AvgIpc) is 3.02. The first kappa shape index (κ1) is 20.1. The lowest BCUT2D eigenvalue weighted by Gasteiger charge is -2.37. The molecule has 7 nitrogen and oxygen atoms in total. The van der Waals surface area contributed by atoms with Gasteiger partial charge in [-0.05, 0) is 37.2 Å². The molecule has 4 N–H and O–H groups in total. The number of nitrogens with zero attached hydrogens (tertiary/aromatic N) is 1. The number of carbonyl (C=O) groups is 1. The van der Waals surface area contributed by atoms with Crippen molar-refractivity contribution >= 4 is 29.8 Å². The number of allylic oxidation sites excluding steroid dienone is 1. The minimum Gasteiger partial charge on any atom is -0.535 e. The van der Waals surface area contributed by atoms with Crippen LogP contribution in [0.25, 0.3) is 16.6 Å². The fourth-order valence-electron chi connectivity index (χ4n) is 3.24. The first-order valence-corrected chi connectivity index (χ1v) is 8.75. The molecule has 1 aliphatic carbocycles. The van der Waals surface area contributed by atoms with Crippen molar-refractivity contribution in [3.8, 4) is 5.75 Å². The van der Waals surface area contributed by atoms with Crippen molar-refractivity contribution in [1.29, 1.82) is 0 Å². The van der Waals surface area contributed by atoms with Gasteiger partial charge in [0.2, 0.25) is 0 Å². The summed E-state index contributed by atoms with van der Waals surface area (Å²) in [6.07, 6.45) is -0.125. The molecule has 1 fully saturated rings. The lowest BCUT2D eigenvalue weighted by molar-refractivity contribution is -0.122. The fraction of sp³-hybridized carbons (Fsp3) is 0.412. The number of hydrogen-bond acceptors (Lipinski definition) is 4. The summed E-state index contributed by atoms with van der Waals surface area (Å²) < 4.78 is 41.9. The second-order valence-electron chi connectivity index (χ2n) is 6.79. The van der Waals surface area contributed by atoms with Crippen LogP contribution >= 0.6 is 0 Å². The molecule has 28 heavy (non-hydrogen) atoms. The van der Waals surface area contributed by atoms with E-state index in [-0.39, 0.29) is 12.0 Å². The van der Waals surface area contributed by atoms with E-state index in [1.54, 1.807) is 11.5 Å². The van der Waals surface area contributed by atoms with Crippen molar-refractivity contribution in [2.45, 2.75) is 31.9 Å². The monoisotopic (exact) mass is 396 g/mol. The summed E-state index contributed by atoms with van der Waals surface area (Å²) in [7, 11) is -1.03. The van der Waals surface area contributed by atoms with Gasteiger partial charge in [0.25, 0.3) is 0 Å². The highest BCUT2D eigenvalue weighted by atomic mass is 19.4. The molecular weight excluding hydrogens is 376 g/mol. The van der Waals surface area contributed by atoms with Gasteiger partial charge in [-0.3, -0.25) is 0 Å². The Balaban J connectivity index is 1.65. The van der Waals surface area contributed by atoms with Crippen molar-refractivity contribution < 1.29 is 27.6 Å². The SMILES string of the molecule is C=C(c1c(OB(C)O)cnc2[nH]ccc12)C1CC(NC(=O)NCC(F)(F)F)C1. The lowest BCUT2D eigenvalue weighted by atomic mass is 9.73. The first-order chi connectivity index (χ1) is 13.1. The van der Waals surface area contributed by atoms with E-state index >= 15 is 0 Å². The molecule has 0 unspecified atom stereocenters. The van der Waals surface area contributed by atoms with Crippen molar-refractivity contribution in [2.24, 2.45) is 5.92 Å². The molecule has 0 radical (unpaired) electrons. The van der Waals surface area contributed by atoms with Crippen molar-refractivity contribution in [3.63, 3.8) is 0 Å². The average molecular weight is 396 g/mol. The van der Waals surface area contributed by atoms with E-state index in [1.165, 1.54) is 13.0 Å². The number of amides is 2. The Hall–Kier alpha value is -2.69. The molecule has 1 aliphatic rings. The summed E-state index contributed by atoms with van der Waals surface area (Å²) >= 11 is 0. The number of H-pyrrole nitrogens is 1. The first-order valence-electron chi connectivity index (χ1n) is 8.75. The molecule has 2 aromatic rings. The highest BCUT2D eigenvalue weighted by Crippen LogP contribution is 2.43. The second-order valence-corrected chi connectivity index (χ2v) is 6.79. The van der Waals surface area contributed by atoms with E-state index in [0.717, 1.165) is 16.5 Å². The third-order valence-corrected chi connectivity index (χ3v) is 4.59. The molecule has 0 bridgehead atoms. The summed E-state index contributed by atoms with van der Waals surface area (Å²) in [6, 6.07) is 0.748. The van der Waals surface area contributed by atoms with Gasteiger partial charge >= 0.3 is 19.3 Å². The Morgan fingerprint density at radius 1 is 1.50 bits per heavy atom. The topological polar surface area (TPSA) is 99.3 Å². The Bertz CT molecular complexity index is 878. The summed E-state index contributed by atoms with van der Waals surface area (Å²) in [5.74, 6) is 0.413. The van der Waals surface area contributed by atoms with E-state index in [1.807, 2.05) is 6.07 Å². The molecule has 11 heteroatoms. The highest BCUT2D eigenvalue weighted by molar-refractivity contribution is 6.41. The maximum absolute atomic E-state index is 12.1. The number of urea groups is 1. The molecule has 2 amide bonds. The number of pyridine rings is 1. The van der Waals surface area contributed by atoms with E-state index in [9.17, 15) is 23.0 Å². The summed E-state index contributed by atoms with van der Waals surface area (Å²) in [6.45, 7) is 4.26. The van der Waals surface area contributed by atoms with Crippen LogP contribution < -0.4 is 15.3 Å². The Kier molecular flexibility index (Phi) is 5.55. The summed E-state index contributed by atoms with van der Waals surface area (Å²) in [5, 5.41) is 14.7. The van der Waals surface area contributed by atoms with Gasteiger partial charge in [0, 0.05) is 23.2 Å². The van der Waals surface area contributed by atoms with Crippen molar-refractivity contribution in [3.05, 3.63) is 30.6 Å². The zero-order valence-electron chi connectivity index (χ0n) is 15.1.